The maximum Gasteiger partial charge on any atom is 0.151 e. The molecule has 1 atom stereocenters. The Morgan fingerprint density at radius 3 is 2.82 bits per heavy atom. The number of nitrogens with one attached hydrogen (secondary N) is 1. The normalized spacial score (nSPS) is 19.8. The molecule has 1 aromatic heterocycles. The Morgan fingerprint density at radius 2 is 2.12 bits per heavy atom. The van der Waals surface area contributed by atoms with Crippen molar-refractivity contribution in [1.29, 1.82) is 0 Å². The first-order valence-corrected chi connectivity index (χ1v) is 5.94. The highest BCUT2D eigenvalue weighted by atomic mass is 15.3. The van der Waals surface area contributed by atoms with Crippen LogP contribution < -0.4 is 10.6 Å². The molecule has 1 aromatic carbocycles. The van der Waals surface area contributed by atoms with Crippen LogP contribution in [0.3, 0.4) is 0 Å². The van der Waals surface area contributed by atoms with Gasteiger partial charge in [-0.15, -0.1) is 0 Å². The Kier molecular flexibility index (Phi) is 2.57. The standard InChI is InChI=1S/C13H16N4/c14-11-6-7-17(9-11)13-8-12(15-16-13)10-4-2-1-3-5-10/h1-5,8,11H,6-7,9,14H2,(H,15,16). The van der Waals surface area contributed by atoms with Gasteiger partial charge in [0.25, 0.3) is 0 Å². The van der Waals surface area contributed by atoms with E-state index in [1.165, 1.54) is 0 Å². The topological polar surface area (TPSA) is 57.9 Å². The smallest absolute Gasteiger partial charge is 0.151 e. The van der Waals surface area contributed by atoms with Crippen molar-refractivity contribution in [1.82, 2.24) is 10.2 Å². The Labute approximate surface area is 100 Å². The van der Waals surface area contributed by atoms with Crippen LogP contribution in [0.15, 0.2) is 36.4 Å². The summed E-state index contributed by atoms with van der Waals surface area (Å²) in [5, 5.41) is 7.44. The van der Waals surface area contributed by atoms with E-state index in [2.05, 4.69) is 33.3 Å². The number of benzene rings is 1. The van der Waals surface area contributed by atoms with Crippen LogP contribution in [-0.2, 0) is 0 Å². The summed E-state index contributed by atoms with van der Waals surface area (Å²) in [6, 6.07) is 12.6. The summed E-state index contributed by atoms with van der Waals surface area (Å²) in [6.07, 6.45) is 1.05. The fraction of sp³-hybridized carbons (Fsp3) is 0.308. The molecule has 1 aliphatic heterocycles. The molecule has 17 heavy (non-hydrogen) atoms. The van der Waals surface area contributed by atoms with Gasteiger partial charge in [-0.05, 0) is 12.0 Å². The second-order valence-electron chi connectivity index (χ2n) is 4.50. The molecule has 0 bridgehead atoms. The summed E-state index contributed by atoms with van der Waals surface area (Å²) in [4.78, 5) is 2.23. The number of nitrogens with zero attached hydrogens (tertiary/aromatic N) is 2. The molecule has 88 valence electrons. The van der Waals surface area contributed by atoms with Gasteiger partial charge in [0.15, 0.2) is 5.82 Å². The lowest BCUT2D eigenvalue weighted by Gasteiger charge is -2.13. The van der Waals surface area contributed by atoms with Gasteiger partial charge in [0, 0.05) is 25.2 Å². The second-order valence-corrected chi connectivity index (χ2v) is 4.50. The molecule has 2 aromatic rings. The van der Waals surface area contributed by atoms with Crippen LogP contribution in [0.2, 0.25) is 0 Å². The first kappa shape index (κ1) is 10.4. The molecule has 4 heteroatoms. The number of nitrogens with two attached hydrogens (primary N) is 1. The van der Waals surface area contributed by atoms with Crippen molar-refractivity contribution >= 4 is 5.82 Å². The SMILES string of the molecule is NC1CCN(c2cc(-c3ccccc3)[nH]n2)C1. The minimum Gasteiger partial charge on any atom is -0.354 e. The van der Waals surface area contributed by atoms with E-state index in [0.29, 0.717) is 0 Å². The molecule has 3 rings (SSSR count). The van der Waals surface area contributed by atoms with E-state index < -0.39 is 0 Å². The van der Waals surface area contributed by atoms with Crippen molar-refractivity contribution in [2.45, 2.75) is 12.5 Å². The summed E-state index contributed by atoms with van der Waals surface area (Å²) in [7, 11) is 0. The number of aromatic nitrogens is 2. The minimum absolute atomic E-state index is 0.284. The quantitative estimate of drug-likeness (QED) is 0.821. The minimum atomic E-state index is 0.284. The van der Waals surface area contributed by atoms with Gasteiger partial charge >= 0.3 is 0 Å². The van der Waals surface area contributed by atoms with E-state index >= 15 is 0 Å². The lowest BCUT2D eigenvalue weighted by molar-refractivity contribution is 0.751. The molecular weight excluding hydrogens is 212 g/mol. The highest BCUT2D eigenvalue weighted by Crippen LogP contribution is 2.23. The molecule has 1 fully saturated rings. The number of anilines is 1. The van der Waals surface area contributed by atoms with E-state index in [1.54, 1.807) is 0 Å². The van der Waals surface area contributed by atoms with Crippen LogP contribution in [-0.4, -0.2) is 29.3 Å². The zero-order chi connectivity index (χ0) is 11.7. The Morgan fingerprint density at radius 1 is 1.29 bits per heavy atom. The molecule has 0 saturated carbocycles. The molecule has 0 spiro atoms. The Bertz CT molecular complexity index is 491. The van der Waals surface area contributed by atoms with Gasteiger partial charge in [-0.1, -0.05) is 30.3 Å². The fourth-order valence-electron chi connectivity index (χ4n) is 2.23. The van der Waals surface area contributed by atoms with E-state index in [9.17, 15) is 0 Å². The van der Waals surface area contributed by atoms with E-state index in [4.69, 9.17) is 5.73 Å². The molecule has 1 aliphatic rings. The molecule has 3 N–H and O–H groups in total. The lowest BCUT2D eigenvalue weighted by Crippen LogP contribution is -2.26. The lowest BCUT2D eigenvalue weighted by atomic mass is 10.1. The third-order valence-corrected chi connectivity index (χ3v) is 3.20. The number of hydrogen-bond donors (Lipinski definition) is 2. The maximum atomic E-state index is 5.90. The predicted octanol–water partition coefficient (Wildman–Crippen LogP) is 1.61. The molecule has 2 heterocycles. The monoisotopic (exact) mass is 228 g/mol. The van der Waals surface area contributed by atoms with Gasteiger partial charge in [0.1, 0.15) is 0 Å². The number of aromatic amines is 1. The molecule has 0 radical (unpaired) electrons. The van der Waals surface area contributed by atoms with Crippen molar-refractivity contribution < 1.29 is 0 Å². The van der Waals surface area contributed by atoms with Gasteiger partial charge in [0.05, 0.1) is 5.69 Å². The predicted molar refractivity (Wildman–Crippen MR) is 68.8 cm³/mol. The highest BCUT2D eigenvalue weighted by molar-refractivity contribution is 5.63. The van der Waals surface area contributed by atoms with Gasteiger partial charge < -0.3 is 10.6 Å². The second kappa shape index (κ2) is 4.22. The molecule has 1 unspecified atom stereocenters. The molecule has 0 aliphatic carbocycles. The van der Waals surface area contributed by atoms with Crippen molar-refractivity contribution in [3.8, 4) is 11.3 Å². The molecule has 4 nitrogen and oxygen atoms in total. The van der Waals surface area contributed by atoms with Crippen molar-refractivity contribution in [3.05, 3.63) is 36.4 Å². The summed E-state index contributed by atoms with van der Waals surface area (Å²) in [5.41, 5.74) is 8.12. The van der Waals surface area contributed by atoms with Gasteiger partial charge in [-0.2, -0.15) is 5.10 Å². The summed E-state index contributed by atoms with van der Waals surface area (Å²) in [6.45, 7) is 1.90. The fourth-order valence-corrected chi connectivity index (χ4v) is 2.23. The van der Waals surface area contributed by atoms with Crippen molar-refractivity contribution in [2.24, 2.45) is 5.73 Å². The van der Waals surface area contributed by atoms with Crippen LogP contribution in [0, 0.1) is 0 Å². The maximum absolute atomic E-state index is 5.90. The zero-order valence-corrected chi connectivity index (χ0v) is 9.63. The van der Waals surface area contributed by atoms with E-state index in [-0.39, 0.29) is 6.04 Å². The van der Waals surface area contributed by atoms with E-state index in [1.807, 2.05) is 18.2 Å². The number of hydrogen-bond acceptors (Lipinski definition) is 3. The average Bonchev–Trinajstić information content (AvgIpc) is 2.98. The molecule has 1 saturated heterocycles. The van der Waals surface area contributed by atoms with Crippen LogP contribution in [0.4, 0.5) is 5.82 Å². The van der Waals surface area contributed by atoms with Crippen molar-refractivity contribution in [2.75, 3.05) is 18.0 Å². The molecular formula is C13H16N4. The molecule has 0 amide bonds. The Balaban J connectivity index is 1.84. The van der Waals surface area contributed by atoms with Crippen LogP contribution in [0.1, 0.15) is 6.42 Å². The average molecular weight is 228 g/mol. The van der Waals surface area contributed by atoms with Gasteiger partial charge in [-0.25, -0.2) is 0 Å². The first-order chi connectivity index (χ1) is 8.33. The largest absolute Gasteiger partial charge is 0.354 e. The van der Waals surface area contributed by atoms with Gasteiger partial charge in [-0.3, -0.25) is 5.10 Å². The summed E-state index contributed by atoms with van der Waals surface area (Å²) in [5.74, 6) is 0.997. The summed E-state index contributed by atoms with van der Waals surface area (Å²) >= 11 is 0. The zero-order valence-electron chi connectivity index (χ0n) is 9.63. The summed E-state index contributed by atoms with van der Waals surface area (Å²) < 4.78 is 0. The Hall–Kier alpha value is -1.81. The highest BCUT2D eigenvalue weighted by Gasteiger charge is 2.21. The van der Waals surface area contributed by atoms with Crippen molar-refractivity contribution in [3.63, 3.8) is 0 Å². The number of rotatable bonds is 2. The van der Waals surface area contributed by atoms with Crippen LogP contribution in [0.25, 0.3) is 11.3 Å². The third-order valence-electron chi connectivity index (χ3n) is 3.20. The first-order valence-electron chi connectivity index (χ1n) is 5.94. The third kappa shape index (κ3) is 2.03. The van der Waals surface area contributed by atoms with E-state index in [0.717, 1.165) is 36.6 Å². The van der Waals surface area contributed by atoms with Crippen LogP contribution in [0.5, 0.6) is 0 Å². The van der Waals surface area contributed by atoms with Crippen LogP contribution >= 0.6 is 0 Å². The van der Waals surface area contributed by atoms with Gasteiger partial charge in [0.2, 0.25) is 0 Å². The number of H-pyrrole nitrogens is 1.